The molecule has 0 amide bonds. The lowest BCUT2D eigenvalue weighted by molar-refractivity contribution is 0.0290. The van der Waals surface area contributed by atoms with E-state index in [1.165, 1.54) is 0 Å². The normalized spacial score (nSPS) is 18.0. The number of benzene rings is 1. The molecule has 0 atom stereocenters. The average Bonchev–Trinajstić information content (AvgIpc) is 2.49. The highest BCUT2D eigenvalue weighted by Crippen LogP contribution is 2.22. The Kier molecular flexibility index (Phi) is 6.05. The number of ether oxygens (including phenoxy) is 1. The molecule has 1 saturated heterocycles. The molecule has 0 spiro atoms. The fourth-order valence-corrected chi connectivity index (χ4v) is 4.25. The van der Waals surface area contributed by atoms with E-state index < -0.39 is 10.0 Å². The second-order valence-electron chi connectivity index (χ2n) is 5.14. The fraction of sp³-hybridized carbons (Fsp3) is 0.600. The summed E-state index contributed by atoms with van der Waals surface area (Å²) in [5, 5.41) is 0. The van der Waals surface area contributed by atoms with Crippen molar-refractivity contribution in [2.24, 2.45) is 0 Å². The second-order valence-corrected chi connectivity index (χ2v) is 7.46. The van der Waals surface area contributed by atoms with Gasteiger partial charge in [0.25, 0.3) is 0 Å². The summed E-state index contributed by atoms with van der Waals surface area (Å²) in [6, 6.07) is 7.02. The van der Waals surface area contributed by atoms with Crippen molar-refractivity contribution in [3.8, 4) is 0 Å². The van der Waals surface area contributed by atoms with Gasteiger partial charge in [-0.25, -0.2) is 8.42 Å². The van der Waals surface area contributed by atoms with Gasteiger partial charge in [0.2, 0.25) is 10.0 Å². The maximum Gasteiger partial charge on any atom is 0.243 e. The zero-order chi connectivity index (χ0) is 15.3. The summed E-state index contributed by atoms with van der Waals surface area (Å²) in [5.74, 6) is 0.539. The van der Waals surface area contributed by atoms with Gasteiger partial charge in [-0.05, 0) is 43.9 Å². The van der Waals surface area contributed by atoms with Crippen molar-refractivity contribution in [1.29, 1.82) is 0 Å². The molecule has 0 bridgehead atoms. The largest absolute Gasteiger partial charge is 0.378 e. The van der Waals surface area contributed by atoms with Crippen LogP contribution in [0.2, 0.25) is 0 Å². The highest BCUT2D eigenvalue weighted by atomic mass is 35.5. The Labute approximate surface area is 132 Å². The SMILES string of the molecule is CCOC1CCN(S(=O)(=O)c2ccc(CCCl)cc2)CC1. The first-order valence-corrected chi connectivity index (χ1v) is 9.32. The predicted molar refractivity (Wildman–Crippen MR) is 84.3 cm³/mol. The molecule has 0 radical (unpaired) electrons. The molecule has 0 unspecified atom stereocenters. The molecule has 118 valence electrons. The third kappa shape index (κ3) is 4.19. The lowest BCUT2D eigenvalue weighted by Crippen LogP contribution is -2.40. The molecule has 1 fully saturated rings. The summed E-state index contributed by atoms with van der Waals surface area (Å²) < 4.78 is 32.3. The first-order valence-electron chi connectivity index (χ1n) is 7.34. The first kappa shape index (κ1) is 16.7. The van der Waals surface area contributed by atoms with E-state index in [-0.39, 0.29) is 6.10 Å². The standard InChI is InChI=1S/C15H22ClNO3S/c1-2-20-14-8-11-17(12-9-14)21(18,19)15-5-3-13(4-6-15)7-10-16/h3-6,14H,2,7-12H2,1H3. The van der Waals surface area contributed by atoms with E-state index in [2.05, 4.69) is 0 Å². The molecule has 6 heteroatoms. The molecule has 0 saturated carbocycles. The molecule has 1 aliphatic heterocycles. The number of sulfonamides is 1. The van der Waals surface area contributed by atoms with Crippen LogP contribution in [0.25, 0.3) is 0 Å². The molecule has 0 N–H and O–H groups in total. The van der Waals surface area contributed by atoms with Crippen LogP contribution in [0.4, 0.5) is 0 Å². The van der Waals surface area contributed by atoms with Gasteiger partial charge < -0.3 is 4.74 Å². The quantitative estimate of drug-likeness (QED) is 0.753. The van der Waals surface area contributed by atoms with E-state index in [1.807, 2.05) is 19.1 Å². The molecule has 0 aromatic heterocycles. The van der Waals surface area contributed by atoms with Gasteiger partial charge in [0.1, 0.15) is 0 Å². The second kappa shape index (κ2) is 7.58. The highest BCUT2D eigenvalue weighted by Gasteiger charge is 2.29. The Morgan fingerprint density at radius 1 is 1.24 bits per heavy atom. The summed E-state index contributed by atoms with van der Waals surface area (Å²) in [6.45, 7) is 3.69. The van der Waals surface area contributed by atoms with E-state index in [9.17, 15) is 8.42 Å². The van der Waals surface area contributed by atoms with Crippen molar-refractivity contribution in [3.05, 3.63) is 29.8 Å². The third-order valence-electron chi connectivity index (χ3n) is 3.75. The Bertz CT molecular complexity index is 537. The summed E-state index contributed by atoms with van der Waals surface area (Å²) >= 11 is 5.69. The molecule has 0 aliphatic carbocycles. The van der Waals surface area contributed by atoms with Gasteiger partial charge in [-0.15, -0.1) is 11.6 Å². The van der Waals surface area contributed by atoms with Crippen LogP contribution >= 0.6 is 11.6 Å². The van der Waals surface area contributed by atoms with Gasteiger partial charge in [0.15, 0.2) is 0 Å². The van der Waals surface area contributed by atoms with E-state index in [1.54, 1.807) is 16.4 Å². The number of hydrogen-bond donors (Lipinski definition) is 0. The molecule has 2 rings (SSSR count). The molecule has 21 heavy (non-hydrogen) atoms. The average molecular weight is 332 g/mol. The van der Waals surface area contributed by atoms with Gasteiger partial charge in [-0.2, -0.15) is 4.31 Å². The van der Waals surface area contributed by atoms with Gasteiger partial charge >= 0.3 is 0 Å². The van der Waals surface area contributed by atoms with Crippen molar-refractivity contribution in [1.82, 2.24) is 4.31 Å². The van der Waals surface area contributed by atoms with Crippen LogP contribution in [0.5, 0.6) is 0 Å². The Balaban J connectivity index is 2.04. The summed E-state index contributed by atoms with van der Waals surface area (Å²) in [7, 11) is -3.39. The Morgan fingerprint density at radius 3 is 2.38 bits per heavy atom. The highest BCUT2D eigenvalue weighted by molar-refractivity contribution is 7.89. The molecule has 1 aromatic rings. The zero-order valence-electron chi connectivity index (χ0n) is 12.3. The Morgan fingerprint density at radius 2 is 1.86 bits per heavy atom. The van der Waals surface area contributed by atoms with Crippen molar-refractivity contribution >= 4 is 21.6 Å². The lowest BCUT2D eigenvalue weighted by Gasteiger charge is -2.31. The van der Waals surface area contributed by atoms with E-state index in [4.69, 9.17) is 16.3 Å². The smallest absolute Gasteiger partial charge is 0.243 e. The number of halogens is 1. The summed E-state index contributed by atoms with van der Waals surface area (Å²) in [6.07, 6.45) is 2.46. The number of piperidine rings is 1. The number of hydrogen-bond acceptors (Lipinski definition) is 3. The maximum absolute atomic E-state index is 12.6. The molecule has 1 heterocycles. The molecular weight excluding hydrogens is 310 g/mol. The van der Waals surface area contributed by atoms with Crippen LogP contribution < -0.4 is 0 Å². The minimum atomic E-state index is -3.39. The van der Waals surface area contributed by atoms with Gasteiger partial charge in [0.05, 0.1) is 11.0 Å². The van der Waals surface area contributed by atoms with Gasteiger partial charge in [0, 0.05) is 25.6 Å². The van der Waals surface area contributed by atoms with Gasteiger partial charge in [-0.1, -0.05) is 12.1 Å². The number of aryl methyl sites for hydroxylation is 1. The van der Waals surface area contributed by atoms with Crippen LogP contribution in [-0.2, 0) is 21.2 Å². The molecule has 1 aromatic carbocycles. The van der Waals surface area contributed by atoms with Crippen LogP contribution in [0, 0.1) is 0 Å². The maximum atomic E-state index is 12.6. The van der Waals surface area contributed by atoms with Crippen molar-refractivity contribution in [3.63, 3.8) is 0 Å². The van der Waals surface area contributed by atoms with Crippen LogP contribution in [0.3, 0.4) is 0 Å². The van der Waals surface area contributed by atoms with E-state index in [0.717, 1.165) is 24.8 Å². The predicted octanol–water partition coefficient (Wildman–Crippen LogP) is 2.66. The van der Waals surface area contributed by atoms with Crippen LogP contribution in [0.15, 0.2) is 29.2 Å². The fourth-order valence-electron chi connectivity index (χ4n) is 2.56. The van der Waals surface area contributed by atoms with E-state index >= 15 is 0 Å². The third-order valence-corrected chi connectivity index (χ3v) is 5.85. The first-order chi connectivity index (χ1) is 10.1. The minimum Gasteiger partial charge on any atom is -0.378 e. The zero-order valence-corrected chi connectivity index (χ0v) is 13.9. The number of nitrogens with zero attached hydrogens (tertiary/aromatic N) is 1. The topological polar surface area (TPSA) is 46.6 Å². The molecule has 1 aliphatic rings. The molecular formula is C15H22ClNO3S. The number of rotatable bonds is 6. The van der Waals surface area contributed by atoms with E-state index in [0.29, 0.717) is 30.5 Å². The van der Waals surface area contributed by atoms with Crippen LogP contribution in [-0.4, -0.2) is 44.4 Å². The number of alkyl halides is 1. The molecule has 4 nitrogen and oxygen atoms in total. The summed E-state index contributed by atoms with van der Waals surface area (Å²) in [5.41, 5.74) is 1.05. The van der Waals surface area contributed by atoms with Crippen LogP contribution in [0.1, 0.15) is 25.3 Å². The van der Waals surface area contributed by atoms with Crippen molar-refractivity contribution < 1.29 is 13.2 Å². The monoisotopic (exact) mass is 331 g/mol. The lowest BCUT2D eigenvalue weighted by atomic mass is 10.1. The Hall–Kier alpha value is -0.620. The van der Waals surface area contributed by atoms with Crippen molar-refractivity contribution in [2.75, 3.05) is 25.6 Å². The minimum absolute atomic E-state index is 0.188. The van der Waals surface area contributed by atoms with Gasteiger partial charge in [-0.3, -0.25) is 0 Å². The van der Waals surface area contributed by atoms with Crippen molar-refractivity contribution in [2.45, 2.75) is 37.2 Å². The summed E-state index contributed by atoms with van der Waals surface area (Å²) in [4.78, 5) is 0.357.